The molecule has 1 aromatic carbocycles. The predicted molar refractivity (Wildman–Crippen MR) is 73.7 cm³/mol. The molecule has 1 aliphatic carbocycles. The molecule has 0 bridgehead atoms. The Hall–Kier alpha value is -1.54. The van der Waals surface area contributed by atoms with Gasteiger partial charge < -0.3 is 17.4 Å². The zero-order chi connectivity index (χ0) is 12.1. The Bertz CT molecular complexity index is 758. The smallest absolute Gasteiger partial charge is 0.201 e. The van der Waals surface area contributed by atoms with Crippen LogP contribution in [0.1, 0.15) is 29.8 Å². The van der Waals surface area contributed by atoms with Crippen LogP contribution >= 0.6 is 0 Å². The summed E-state index contributed by atoms with van der Waals surface area (Å²) in [7, 11) is 0. The maximum atomic E-state index is 3.60. The van der Waals surface area contributed by atoms with Gasteiger partial charge in [-0.2, -0.15) is 0 Å². The summed E-state index contributed by atoms with van der Waals surface area (Å²) in [4.78, 5) is 7.17. The summed E-state index contributed by atoms with van der Waals surface area (Å²) in [6.45, 7) is 2.17. The van der Waals surface area contributed by atoms with Crippen molar-refractivity contribution in [1.82, 2.24) is 4.98 Å². The van der Waals surface area contributed by atoms with Crippen molar-refractivity contribution in [2.45, 2.75) is 32.6 Å². The highest BCUT2D eigenvalue weighted by molar-refractivity contribution is 6.09. The third kappa shape index (κ3) is 1.74. The Morgan fingerprint density at radius 3 is 2.79 bits per heavy atom. The van der Waals surface area contributed by atoms with Crippen LogP contribution in [0.4, 0.5) is 0 Å². The van der Waals surface area contributed by atoms with Crippen LogP contribution < -0.4 is 17.4 Å². The number of halogens is 1. The van der Waals surface area contributed by atoms with Crippen LogP contribution in [0.2, 0.25) is 0 Å². The van der Waals surface area contributed by atoms with Gasteiger partial charge in [-0.1, -0.05) is 18.2 Å². The lowest BCUT2D eigenvalue weighted by Crippen LogP contribution is -3.00. The number of aryl methyl sites for hydroxylation is 3. The largest absolute Gasteiger partial charge is 1.00 e. The molecule has 0 aliphatic heterocycles. The lowest BCUT2D eigenvalue weighted by molar-refractivity contribution is -0.398. The van der Waals surface area contributed by atoms with Crippen molar-refractivity contribution in [3.05, 3.63) is 41.2 Å². The Kier molecular flexibility index (Phi) is 2.98. The highest BCUT2D eigenvalue weighted by Crippen LogP contribution is 2.32. The van der Waals surface area contributed by atoms with Gasteiger partial charge in [0.25, 0.3) is 0 Å². The first-order valence-electron chi connectivity index (χ1n) is 6.78. The quantitative estimate of drug-likeness (QED) is 0.611. The second-order valence-electron chi connectivity index (χ2n) is 5.33. The molecule has 0 fully saturated rings. The van der Waals surface area contributed by atoms with Crippen LogP contribution in [0.25, 0.3) is 21.8 Å². The van der Waals surface area contributed by atoms with Gasteiger partial charge in [0.15, 0.2) is 5.69 Å². The van der Waals surface area contributed by atoms with E-state index in [-0.39, 0.29) is 12.4 Å². The number of rotatable bonds is 0. The number of nitrogens with one attached hydrogen (secondary N) is 2. The number of hydrogen-bond acceptors (Lipinski definition) is 0. The van der Waals surface area contributed by atoms with Gasteiger partial charge in [0.2, 0.25) is 5.69 Å². The second kappa shape index (κ2) is 4.53. The first kappa shape index (κ1) is 12.5. The molecule has 3 aromatic rings. The van der Waals surface area contributed by atoms with Gasteiger partial charge in [0, 0.05) is 35.2 Å². The molecule has 3 heteroatoms. The van der Waals surface area contributed by atoms with Gasteiger partial charge in [-0.15, -0.1) is 0 Å². The van der Waals surface area contributed by atoms with Gasteiger partial charge in [0.1, 0.15) is 5.52 Å². The van der Waals surface area contributed by atoms with Crippen molar-refractivity contribution in [1.29, 1.82) is 0 Å². The fraction of sp³-hybridized carbons (Fsp3) is 0.312. The monoisotopic (exact) mass is 272 g/mol. The van der Waals surface area contributed by atoms with Crippen molar-refractivity contribution in [2.75, 3.05) is 0 Å². The van der Waals surface area contributed by atoms with E-state index >= 15 is 0 Å². The van der Waals surface area contributed by atoms with Crippen LogP contribution in [0.5, 0.6) is 0 Å². The van der Waals surface area contributed by atoms with E-state index in [4.69, 9.17) is 0 Å². The topological polar surface area (TPSA) is 29.9 Å². The minimum Gasteiger partial charge on any atom is -1.00 e. The molecule has 1 aliphatic rings. The third-order valence-electron chi connectivity index (χ3n) is 4.19. The van der Waals surface area contributed by atoms with Gasteiger partial charge in [-0.3, -0.25) is 0 Å². The highest BCUT2D eigenvalue weighted by atomic mass is 35.5. The molecule has 2 nitrogen and oxygen atoms in total. The van der Waals surface area contributed by atoms with Gasteiger partial charge in [0.05, 0.1) is 0 Å². The Morgan fingerprint density at radius 2 is 1.89 bits per heavy atom. The van der Waals surface area contributed by atoms with Gasteiger partial charge >= 0.3 is 0 Å². The molecule has 19 heavy (non-hydrogen) atoms. The summed E-state index contributed by atoms with van der Waals surface area (Å²) in [5, 5.41) is 2.83. The molecular weight excluding hydrogens is 256 g/mol. The van der Waals surface area contributed by atoms with Crippen LogP contribution in [-0.4, -0.2) is 4.98 Å². The Balaban J connectivity index is 0.00000110. The minimum atomic E-state index is 0. The number of fused-ring (bicyclic) bond motifs is 5. The summed E-state index contributed by atoms with van der Waals surface area (Å²) in [5.74, 6) is 0. The number of para-hydroxylation sites is 1. The van der Waals surface area contributed by atoms with Gasteiger partial charge in [-0.05, 0) is 25.3 Å². The van der Waals surface area contributed by atoms with E-state index in [0.29, 0.717) is 0 Å². The summed E-state index contributed by atoms with van der Waals surface area (Å²) >= 11 is 0. The lowest BCUT2D eigenvalue weighted by atomic mass is 9.92. The first-order chi connectivity index (χ1) is 8.84. The van der Waals surface area contributed by atoms with Crippen molar-refractivity contribution in [3.8, 4) is 0 Å². The van der Waals surface area contributed by atoms with Crippen LogP contribution in [0, 0.1) is 6.92 Å². The van der Waals surface area contributed by atoms with Gasteiger partial charge in [-0.25, -0.2) is 4.98 Å². The molecule has 0 saturated carbocycles. The number of pyridine rings is 1. The highest BCUT2D eigenvalue weighted by Gasteiger charge is 2.23. The summed E-state index contributed by atoms with van der Waals surface area (Å²) < 4.78 is 0. The number of aromatic nitrogens is 2. The maximum absolute atomic E-state index is 3.60. The molecule has 4 rings (SSSR count). The van der Waals surface area contributed by atoms with E-state index in [2.05, 4.69) is 41.2 Å². The van der Waals surface area contributed by atoms with Crippen molar-refractivity contribution >= 4 is 21.8 Å². The number of aromatic amines is 2. The summed E-state index contributed by atoms with van der Waals surface area (Å²) in [6.07, 6.45) is 5.05. The van der Waals surface area contributed by atoms with Crippen molar-refractivity contribution in [2.24, 2.45) is 0 Å². The molecule has 0 saturated heterocycles. The van der Waals surface area contributed by atoms with Crippen LogP contribution in [0.15, 0.2) is 24.3 Å². The summed E-state index contributed by atoms with van der Waals surface area (Å²) in [6, 6.07) is 8.65. The molecule has 0 atom stereocenters. The van der Waals surface area contributed by atoms with E-state index in [1.807, 2.05) is 0 Å². The standard InChI is InChI=1S/C16H16N2.ClH/c1-10-16-15(11-6-2-4-8-13(11)17-10)12-7-3-5-9-14(12)18-16;/h3,5,7,9,18H,2,4,6,8H2,1H3;1H. The van der Waals surface area contributed by atoms with Crippen LogP contribution in [-0.2, 0) is 12.8 Å². The first-order valence-corrected chi connectivity index (χ1v) is 6.78. The Labute approximate surface area is 118 Å². The third-order valence-corrected chi connectivity index (χ3v) is 4.19. The zero-order valence-electron chi connectivity index (χ0n) is 11.0. The van der Waals surface area contributed by atoms with Crippen molar-refractivity contribution in [3.63, 3.8) is 0 Å². The average molecular weight is 273 g/mol. The molecule has 0 radical (unpaired) electrons. The zero-order valence-corrected chi connectivity index (χ0v) is 11.8. The number of hydrogen-bond donors (Lipinski definition) is 1. The predicted octanol–water partition coefficient (Wildman–Crippen LogP) is 0.326. The molecule has 0 amide bonds. The molecule has 98 valence electrons. The lowest BCUT2D eigenvalue weighted by Gasteiger charge is -2.12. The molecule has 2 heterocycles. The minimum absolute atomic E-state index is 0. The number of H-pyrrole nitrogens is 2. The second-order valence-corrected chi connectivity index (χ2v) is 5.33. The van der Waals surface area contributed by atoms with E-state index in [9.17, 15) is 0 Å². The van der Waals surface area contributed by atoms with Crippen LogP contribution in [0.3, 0.4) is 0 Å². The molecule has 2 aromatic heterocycles. The fourth-order valence-corrected chi connectivity index (χ4v) is 3.34. The molecule has 0 unspecified atom stereocenters. The van der Waals surface area contributed by atoms with E-state index in [0.717, 1.165) is 0 Å². The Morgan fingerprint density at radius 1 is 1.11 bits per heavy atom. The normalized spacial score (nSPS) is 14.4. The molecule has 0 spiro atoms. The maximum Gasteiger partial charge on any atom is 0.201 e. The van der Waals surface area contributed by atoms with E-state index in [1.54, 1.807) is 5.56 Å². The fourth-order valence-electron chi connectivity index (χ4n) is 3.34. The van der Waals surface area contributed by atoms with Crippen molar-refractivity contribution < 1.29 is 17.4 Å². The average Bonchev–Trinajstić information content (AvgIpc) is 2.79. The number of benzene rings is 1. The van der Waals surface area contributed by atoms with E-state index < -0.39 is 0 Å². The SMILES string of the molecule is Cc1[nH+]c2c(c3c1[nH]c1ccccc13)CCCC2.[Cl-]. The summed E-state index contributed by atoms with van der Waals surface area (Å²) in [5.41, 5.74) is 6.80. The molecular formula is C16H17ClN2. The van der Waals surface area contributed by atoms with E-state index in [1.165, 1.54) is 58.9 Å². The molecule has 2 N–H and O–H groups in total.